The van der Waals surface area contributed by atoms with E-state index in [0.29, 0.717) is 6.42 Å². The van der Waals surface area contributed by atoms with Crippen LogP contribution in [0.5, 0.6) is 0 Å². The fraction of sp³-hybridized carbons (Fsp3) is 0.846. The standard InChI is InChI=1S/C13H24O2/c1-4-7-8-9-10-12(14)13(15)11(5-2)6-3/h11H,4-10H2,1-3H3. The number of ketones is 2. The van der Waals surface area contributed by atoms with Crippen molar-refractivity contribution in [3.63, 3.8) is 0 Å². The van der Waals surface area contributed by atoms with E-state index in [1.165, 1.54) is 0 Å². The molecule has 15 heavy (non-hydrogen) atoms. The zero-order valence-electron chi connectivity index (χ0n) is 10.3. The number of Topliss-reactive ketones (excluding diaryl/α,β-unsaturated/α-hetero) is 2. The summed E-state index contributed by atoms with van der Waals surface area (Å²) in [5.74, 6) is -0.333. The number of unbranched alkanes of at least 4 members (excludes halogenated alkanes) is 3. The molecule has 0 fully saturated rings. The first-order chi connectivity index (χ1) is 7.17. The van der Waals surface area contributed by atoms with Gasteiger partial charge in [-0.2, -0.15) is 0 Å². The van der Waals surface area contributed by atoms with Gasteiger partial charge in [0.1, 0.15) is 0 Å². The van der Waals surface area contributed by atoms with Crippen LogP contribution in [0.4, 0.5) is 0 Å². The minimum absolute atomic E-state index is 0.0383. The van der Waals surface area contributed by atoms with E-state index in [-0.39, 0.29) is 17.5 Å². The third kappa shape index (κ3) is 5.71. The Labute approximate surface area is 93.4 Å². The largest absolute Gasteiger partial charge is 0.291 e. The van der Waals surface area contributed by atoms with Gasteiger partial charge in [0.2, 0.25) is 5.78 Å². The van der Waals surface area contributed by atoms with Crippen molar-refractivity contribution in [2.24, 2.45) is 5.92 Å². The smallest absolute Gasteiger partial charge is 0.201 e. The van der Waals surface area contributed by atoms with E-state index in [1.807, 2.05) is 13.8 Å². The molecular formula is C13H24O2. The highest BCUT2D eigenvalue weighted by Crippen LogP contribution is 2.12. The summed E-state index contributed by atoms with van der Waals surface area (Å²) in [4.78, 5) is 23.1. The van der Waals surface area contributed by atoms with Crippen molar-refractivity contribution in [2.75, 3.05) is 0 Å². The Kier molecular flexibility index (Phi) is 8.25. The molecule has 0 aromatic heterocycles. The molecular weight excluding hydrogens is 188 g/mol. The summed E-state index contributed by atoms with van der Waals surface area (Å²) >= 11 is 0. The molecule has 0 saturated carbocycles. The van der Waals surface area contributed by atoms with Crippen molar-refractivity contribution in [1.82, 2.24) is 0 Å². The first kappa shape index (κ1) is 14.3. The second-order valence-corrected chi connectivity index (χ2v) is 4.11. The van der Waals surface area contributed by atoms with E-state index in [4.69, 9.17) is 0 Å². The third-order valence-corrected chi connectivity index (χ3v) is 2.89. The Morgan fingerprint density at radius 3 is 2.00 bits per heavy atom. The summed E-state index contributed by atoms with van der Waals surface area (Å²) in [6.45, 7) is 6.07. The lowest BCUT2D eigenvalue weighted by atomic mass is 9.93. The molecule has 0 bridgehead atoms. The van der Waals surface area contributed by atoms with Crippen LogP contribution < -0.4 is 0 Å². The Bertz CT molecular complexity index is 193. The maximum absolute atomic E-state index is 11.6. The van der Waals surface area contributed by atoms with E-state index in [1.54, 1.807) is 0 Å². The van der Waals surface area contributed by atoms with Gasteiger partial charge in [0, 0.05) is 12.3 Å². The van der Waals surface area contributed by atoms with E-state index in [9.17, 15) is 9.59 Å². The molecule has 0 aromatic rings. The Morgan fingerprint density at radius 1 is 0.933 bits per heavy atom. The first-order valence-corrected chi connectivity index (χ1v) is 6.24. The fourth-order valence-electron chi connectivity index (χ4n) is 1.72. The molecule has 0 aliphatic rings. The normalized spacial score (nSPS) is 10.7. The minimum atomic E-state index is -0.153. The lowest BCUT2D eigenvalue weighted by Crippen LogP contribution is -2.22. The summed E-state index contributed by atoms with van der Waals surface area (Å²) in [6, 6.07) is 0. The van der Waals surface area contributed by atoms with Crippen molar-refractivity contribution >= 4 is 11.6 Å². The van der Waals surface area contributed by atoms with Gasteiger partial charge < -0.3 is 0 Å². The van der Waals surface area contributed by atoms with E-state index >= 15 is 0 Å². The highest BCUT2D eigenvalue weighted by atomic mass is 16.2. The zero-order valence-corrected chi connectivity index (χ0v) is 10.3. The van der Waals surface area contributed by atoms with Crippen LogP contribution in [0.2, 0.25) is 0 Å². The van der Waals surface area contributed by atoms with Gasteiger partial charge in [-0.25, -0.2) is 0 Å². The monoisotopic (exact) mass is 212 g/mol. The SMILES string of the molecule is CCCCCCC(=O)C(=O)C(CC)CC. The summed E-state index contributed by atoms with van der Waals surface area (Å²) in [7, 11) is 0. The zero-order chi connectivity index (χ0) is 11.7. The maximum Gasteiger partial charge on any atom is 0.201 e. The van der Waals surface area contributed by atoms with Gasteiger partial charge in [-0.3, -0.25) is 9.59 Å². The molecule has 0 atom stereocenters. The lowest BCUT2D eigenvalue weighted by Gasteiger charge is -2.09. The van der Waals surface area contributed by atoms with Gasteiger partial charge >= 0.3 is 0 Å². The van der Waals surface area contributed by atoms with Gasteiger partial charge in [0.25, 0.3) is 0 Å². The van der Waals surface area contributed by atoms with Crippen molar-refractivity contribution in [3.8, 4) is 0 Å². The van der Waals surface area contributed by atoms with Gasteiger partial charge in [-0.15, -0.1) is 0 Å². The van der Waals surface area contributed by atoms with Crippen LogP contribution in [0.1, 0.15) is 65.7 Å². The van der Waals surface area contributed by atoms with Gasteiger partial charge in [0.05, 0.1) is 0 Å². The molecule has 0 aromatic carbocycles. The molecule has 0 aliphatic carbocycles. The van der Waals surface area contributed by atoms with Crippen LogP contribution in [-0.2, 0) is 9.59 Å². The molecule has 0 aliphatic heterocycles. The molecule has 0 saturated heterocycles. The van der Waals surface area contributed by atoms with Gasteiger partial charge in [0.15, 0.2) is 5.78 Å². The van der Waals surface area contributed by atoms with Crippen LogP contribution in [0, 0.1) is 5.92 Å². The number of carbonyl (C=O) groups excluding carboxylic acids is 2. The lowest BCUT2D eigenvalue weighted by molar-refractivity contribution is -0.139. The minimum Gasteiger partial charge on any atom is -0.291 e. The quantitative estimate of drug-likeness (QED) is 0.433. The van der Waals surface area contributed by atoms with E-state index in [0.717, 1.165) is 38.5 Å². The second kappa shape index (κ2) is 8.63. The van der Waals surface area contributed by atoms with Crippen molar-refractivity contribution in [2.45, 2.75) is 65.7 Å². The third-order valence-electron chi connectivity index (χ3n) is 2.89. The molecule has 2 heteroatoms. The first-order valence-electron chi connectivity index (χ1n) is 6.24. The molecule has 0 heterocycles. The van der Waals surface area contributed by atoms with E-state index in [2.05, 4.69) is 6.92 Å². The highest BCUT2D eigenvalue weighted by molar-refractivity contribution is 6.37. The highest BCUT2D eigenvalue weighted by Gasteiger charge is 2.21. The van der Waals surface area contributed by atoms with Crippen LogP contribution in [0.3, 0.4) is 0 Å². The Morgan fingerprint density at radius 2 is 1.53 bits per heavy atom. The van der Waals surface area contributed by atoms with Crippen LogP contribution in [0.25, 0.3) is 0 Å². The summed E-state index contributed by atoms with van der Waals surface area (Å²) in [6.07, 6.45) is 6.29. The number of hydrogen-bond donors (Lipinski definition) is 0. The number of carbonyl (C=O) groups is 2. The van der Waals surface area contributed by atoms with Crippen LogP contribution in [0.15, 0.2) is 0 Å². The van der Waals surface area contributed by atoms with Gasteiger partial charge in [-0.05, 0) is 19.3 Å². The molecule has 2 nitrogen and oxygen atoms in total. The predicted molar refractivity (Wildman–Crippen MR) is 62.8 cm³/mol. The molecule has 0 unspecified atom stereocenters. The summed E-state index contributed by atoms with van der Waals surface area (Å²) in [5, 5.41) is 0. The Hall–Kier alpha value is -0.660. The van der Waals surface area contributed by atoms with Crippen molar-refractivity contribution in [1.29, 1.82) is 0 Å². The molecule has 0 radical (unpaired) electrons. The maximum atomic E-state index is 11.6. The average Bonchev–Trinajstić information content (AvgIpc) is 2.25. The van der Waals surface area contributed by atoms with Crippen molar-refractivity contribution in [3.05, 3.63) is 0 Å². The molecule has 0 N–H and O–H groups in total. The van der Waals surface area contributed by atoms with E-state index < -0.39 is 0 Å². The Balaban J connectivity index is 3.83. The topological polar surface area (TPSA) is 34.1 Å². The van der Waals surface area contributed by atoms with Crippen LogP contribution >= 0.6 is 0 Å². The van der Waals surface area contributed by atoms with Gasteiger partial charge in [-0.1, -0.05) is 40.0 Å². The predicted octanol–water partition coefficient (Wildman–Crippen LogP) is 3.53. The number of hydrogen-bond acceptors (Lipinski definition) is 2. The average molecular weight is 212 g/mol. The molecule has 88 valence electrons. The number of rotatable bonds is 9. The molecule has 0 rings (SSSR count). The van der Waals surface area contributed by atoms with Crippen molar-refractivity contribution < 1.29 is 9.59 Å². The summed E-state index contributed by atoms with van der Waals surface area (Å²) in [5.41, 5.74) is 0. The second-order valence-electron chi connectivity index (χ2n) is 4.11. The molecule has 0 spiro atoms. The fourth-order valence-corrected chi connectivity index (χ4v) is 1.72. The van der Waals surface area contributed by atoms with Crippen LogP contribution in [-0.4, -0.2) is 11.6 Å². The summed E-state index contributed by atoms with van der Waals surface area (Å²) < 4.78 is 0. The molecule has 0 amide bonds.